The zero-order chi connectivity index (χ0) is 13.4. The standard InChI is InChI=1S/C11H16ClN3O2S/c1-2-11(3-4-11)7-15-18(16,17)8-5-9(12)10(13)14-6-8/h5-6,15H,2-4,7H2,1H3,(H2,13,14). The van der Waals surface area contributed by atoms with Crippen LogP contribution in [0.4, 0.5) is 5.82 Å². The third-order valence-corrected chi connectivity index (χ3v) is 5.17. The molecule has 7 heteroatoms. The first-order valence-electron chi connectivity index (χ1n) is 5.79. The molecular weight excluding hydrogens is 274 g/mol. The first-order valence-corrected chi connectivity index (χ1v) is 7.65. The maximum absolute atomic E-state index is 12.0. The van der Waals surface area contributed by atoms with E-state index in [1.54, 1.807) is 0 Å². The Kier molecular flexibility index (Phi) is 3.53. The van der Waals surface area contributed by atoms with Crippen LogP contribution in [0, 0.1) is 5.41 Å². The number of anilines is 1. The smallest absolute Gasteiger partial charge is 0.242 e. The maximum Gasteiger partial charge on any atom is 0.242 e. The van der Waals surface area contributed by atoms with Crippen LogP contribution in [-0.4, -0.2) is 19.9 Å². The van der Waals surface area contributed by atoms with E-state index in [0.29, 0.717) is 6.54 Å². The molecule has 3 N–H and O–H groups in total. The average molecular weight is 290 g/mol. The minimum absolute atomic E-state index is 0.0496. The number of aromatic nitrogens is 1. The SMILES string of the molecule is CCC1(CNS(=O)(=O)c2cnc(N)c(Cl)c2)CC1. The van der Waals surface area contributed by atoms with Crippen molar-refractivity contribution < 1.29 is 8.42 Å². The van der Waals surface area contributed by atoms with Gasteiger partial charge in [0.15, 0.2) is 0 Å². The molecule has 2 rings (SSSR count). The van der Waals surface area contributed by atoms with Crippen molar-refractivity contribution in [1.29, 1.82) is 0 Å². The first-order chi connectivity index (χ1) is 8.38. The molecule has 0 aromatic carbocycles. The Balaban J connectivity index is 2.13. The Morgan fingerprint density at radius 2 is 2.22 bits per heavy atom. The second-order valence-corrected chi connectivity index (χ2v) is 6.89. The highest BCUT2D eigenvalue weighted by Gasteiger charge is 2.41. The molecule has 0 aliphatic heterocycles. The number of rotatable bonds is 5. The molecule has 0 bridgehead atoms. The molecule has 1 aromatic rings. The molecule has 0 amide bonds. The van der Waals surface area contributed by atoms with E-state index in [4.69, 9.17) is 17.3 Å². The molecule has 0 spiro atoms. The minimum Gasteiger partial charge on any atom is -0.382 e. The molecule has 1 saturated carbocycles. The molecule has 100 valence electrons. The molecule has 0 atom stereocenters. The second kappa shape index (κ2) is 4.68. The van der Waals surface area contributed by atoms with Gasteiger partial charge < -0.3 is 5.73 Å². The summed E-state index contributed by atoms with van der Waals surface area (Å²) in [6, 6.07) is 1.32. The average Bonchev–Trinajstić information content (AvgIpc) is 3.11. The van der Waals surface area contributed by atoms with Crippen molar-refractivity contribution in [3.8, 4) is 0 Å². The highest BCUT2D eigenvalue weighted by Crippen LogP contribution is 2.48. The summed E-state index contributed by atoms with van der Waals surface area (Å²) in [5.41, 5.74) is 5.60. The number of nitrogen functional groups attached to an aromatic ring is 1. The normalized spacial score (nSPS) is 17.7. The number of hydrogen-bond acceptors (Lipinski definition) is 4. The molecule has 0 saturated heterocycles. The van der Waals surface area contributed by atoms with Crippen molar-refractivity contribution in [1.82, 2.24) is 9.71 Å². The van der Waals surface area contributed by atoms with Crippen molar-refractivity contribution in [3.05, 3.63) is 17.3 Å². The van der Waals surface area contributed by atoms with Gasteiger partial charge in [0.2, 0.25) is 10.0 Å². The lowest BCUT2D eigenvalue weighted by molar-refractivity contribution is 0.475. The molecule has 1 heterocycles. The number of sulfonamides is 1. The fraction of sp³-hybridized carbons (Fsp3) is 0.545. The topological polar surface area (TPSA) is 85.1 Å². The lowest BCUT2D eigenvalue weighted by Gasteiger charge is -2.13. The van der Waals surface area contributed by atoms with E-state index in [9.17, 15) is 8.42 Å². The van der Waals surface area contributed by atoms with Gasteiger partial charge >= 0.3 is 0 Å². The zero-order valence-electron chi connectivity index (χ0n) is 10.1. The number of halogens is 1. The Hall–Kier alpha value is -0.850. The van der Waals surface area contributed by atoms with Crippen molar-refractivity contribution in [2.75, 3.05) is 12.3 Å². The minimum atomic E-state index is -3.56. The molecule has 5 nitrogen and oxygen atoms in total. The van der Waals surface area contributed by atoms with E-state index in [1.807, 2.05) is 0 Å². The Morgan fingerprint density at radius 3 is 2.72 bits per heavy atom. The van der Waals surface area contributed by atoms with Crippen molar-refractivity contribution in [3.63, 3.8) is 0 Å². The van der Waals surface area contributed by atoms with E-state index < -0.39 is 10.0 Å². The van der Waals surface area contributed by atoms with Crippen LogP contribution in [0.2, 0.25) is 5.02 Å². The summed E-state index contributed by atoms with van der Waals surface area (Å²) in [5, 5.41) is 0.148. The maximum atomic E-state index is 12.0. The molecule has 18 heavy (non-hydrogen) atoms. The van der Waals surface area contributed by atoms with Crippen LogP contribution >= 0.6 is 11.6 Å². The van der Waals surface area contributed by atoms with Gasteiger partial charge in [-0.3, -0.25) is 0 Å². The second-order valence-electron chi connectivity index (χ2n) is 4.72. The number of hydrogen-bond donors (Lipinski definition) is 2. The number of nitrogens with two attached hydrogens (primary N) is 1. The first kappa shape index (κ1) is 13.6. The van der Waals surface area contributed by atoms with Gasteiger partial charge in [0, 0.05) is 12.7 Å². The van der Waals surface area contributed by atoms with Gasteiger partial charge in [-0.15, -0.1) is 0 Å². The number of nitrogens with zero attached hydrogens (tertiary/aromatic N) is 1. The molecule has 1 fully saturated rings. The third-order valence-electron chi connectivity index (χ3n) is 3.50. The van der Waals surface area contributed by atoms with Crippen molar-refractivity contribution >= 4 is 27.4 Å². The molecule has 1 aliphatic rings. The van der Waals surface area contributed by atoms with Gasteiger partial charge in [-0.25, -0.2) is 18.1 Å². The largest absolute Gasteiger partial charge is 0.382 e. The summed E-state index contributed by atoms with van der Waals surface area (Å²) in [7, 11) is -3.56. The summed E-state index contributed by atoms with van der Waals surface area (Å²) in [6.45, 7) is 2.54. The lowest BCUT2D eigenvalue weighted by Crippen LogP contribution is -2.30. The molecule has 1 aliphatic carbocycles. The van der Waals surface area contributed by atoms with E-state index in [2.05, 4.69) is 16.6 Å². The lowest BCUT2D eigenvalue weighted by atomic mass is 10.1. The van der Waals surface area contributed by atoms with Crippen LogP contribution in [0.15, 0.2) is 17.2 Å². The number of pyridine rings is 1. The highest BCUT2D eigenvalue weighted by molar-refractivity contribution is 7.89. The van der Waals surface area contributed by atoms with Gasteiger partial charge in [-0.1, -0.05) is 18.5 Å². The molecule has 0 radical (unpaired) electrons. The van der Waals surface area contributed by atoms with Gasteiger partial charge in [0.05, 0.1) is 5.02 Å². The van der Waals surface area contributed by atoms with Crippen molar-refractivity contribution in [2.24, 2.45) is 5.41 Å². The fourth-order valence-corrected chi connectivity index (χ4v) is 3.10. The van der Waals surface area contributed by atoms with E-state index in [1.165, 1.54) is 12.3 Å². The van der Waals surface area contributed by atoms with Crippen LogP contribution in [0.3, 0.4) is 0 Å². The van der Waals surface area contributed by atoms with Gasteiger partial charge in [-0.2, -0.15) is 0 Å². The molecule has 0 unspecified atom stereocenters. The summed E-state index contributed by atoms with van der Waals surface area (Å²) in [4.78, 5) is 3.80. The predicted molar refractivity (Wildman–Crippen MR) is 70.8 cm³/mol. The quantitative estimate of drug-likeness (QED) is 0.865. The van der Waals surface area contributed by atoms with Crippen molar-refractivity contribution in [2.45, 2.75) is 31.1 Å². The summed E-state index contributed by atoms with van der Waals surface area (Å²) in [6.07, 6.45) is 4.35. The Labute approximate surface area is 112 Å². The highest BCUT2D eigenvalue weighted by atomic mass is 35.5. The zero-order valence-corrected chi connectivity index (χ0v) is 11.7. The Morgan fingerprint density at radius 1 is 1.56 bits per heavy atom. The summed E-state index contributed by atoms with van der Waals surface area (Å²) in [5.74, 6) is 0.128. The number of nitrogens with one attached hydrogen (secondary N) is 1. The van der Waals surface area contributed by atoms with E-state index >= 15 is 0 Å². The molecular formula is C11H16ClN3O2S. The van der Waals surface area contributed by atoms with Crippen LogP contribution < -0.4 is 10.5 Å². The monoisotopic (exact) mass is 289 g/mol. The van der Waals surface area contributed by atoms with Gasteiger partial charge in [0.25, 0.3) is 0 Å². The Bertz CT molecular complexity index is 555. The molecule has 1 aromatic heterocycles. The van der Waals surface area contributed by atoms with Crippen LogP contribution in [-0.2, 0) is 10.0 Å². The van der Waals surface area contributed by atoms with Crippen LogP contribution in [0.5, 0.6) is 0 Å². The van der Waals surface area contributed by atoms with Gasteiger partial charge in [0.1, 0.15) is 10.7 Å². The van der Waals surface area contributed by atoms with E-state index in [-0.39, 0.29) is 21.2 Å². The summed E-state index contributed by atoms with van der Waals surface area (Å²) < 4.78 is 26.7. The fourth-order valence-electron chi connectivity index (χ4n) is 1.74. The van der Waals surface area contributed by atoms with Gasteiger partial charge in [-0.05, 0) is 30.7 Å². The van der Waals surface area contributed by atoms with E-state index in [0.717, 1.165) is 19.3 Å². The summed E-state index contributed by atoms with van der Waals surface area (Å²) >= 11 is 5.77. The van der Waals surface area contributed by atoms with Crippen LogP contribution in [0.1, 0.15) is 26.2 Å². The van der Waals surface area contributed by atoms with Crippen LogP contribution in [0.25, 0.3) is 0 Å². The third kappa shape index (κ3) is 2.76. The predicted octanol–water partition coefficient (Wildman–Crippen LogP) is 1.79.